The molecule has 4 nitrogen and oxygen atoms in total. The molecule has 0 spiro atoms. The van der Waals surface area contributed by atoms with Gasteiger partial charge in [0.15, 0.2) is 5.96 Å². The summed E-state index contributed by atoms with van der Waals surface area (Å²) in [5.41, 5.74) is 2.69. The summed E-state index contributed by atoms with van der Waals surface area (Å²) >= 11 is 1.86. The van der Waals surface area contributed by atoms with Crippen molar-refractivity contribution in [3.05, 3.63) is 57.3 Å². The summed E-state index contributed by atoms with van der Waals surface area (Å²) in [7, 11) is 1.82. The maximum Gasteiger partial charge on any atom is 0.191 e. The number of hydrogen-bond acceptors (Lipinski definition) is 3. The summed E-state index contributed by atoms with van der Waals surface area (Å²) in [5.74, 6) is 0.845. The number of aryl methyl sites for hydroxylation is 1. The third-order valence-corrected chi connectivity index (χ3v) is 6.04. The van der Waals surface area contributed by atoms with Gasteiger partial charge in [-0.05, 0) is 55.6 Å². The highest BCUT2D eigenvalue weighted by Gasteiger charge is 2.11. The van der Waals surface area contributed by atoms with Crippen molar-refractivity contribution < 1.29 is 0 Å². The quantitative estimate of drug-likeness (QED) is 0.338. The van der Waals surface area contributed by atoms with Crippen molar-refractivity contribution in [2.45, 2.75) is 45.8 Å². The summed E-state index contributed by atoms with van der Waals surface area (Å²) in [6, 6.07) is 13.4. The fraction of sp³-hybridized carbons (Fsp3) is 0.476. The van der Waals surface area contributed by atoms with Gasteiger partial charge in [-0.3, -0.25) is 9.89 Å². The molecule has 0 aliphatic carbocycles. The fourth-order valence-electron chi connectivity index (χ4n) is 3.25. The minimum absolute atomic E-state index is 0. The number of likely N-dealkylation sites (tertiary alicyclic amines) is 1. The van der Waals surface area contributed by atoms with Crippen LogP contribution < -0.4 is 10.6 Å². The Balaban J connectivity index is 0.00000261. The van der Waals surface area contributed by atoms with E-state index in [9.17, 15) is 0 Å². The minimum atomic E-state index is 0. The number of halogens is 1. The molecule has 27 heavy (non-hydrogen) atoms. The van der Waals surface area contributed by atoms with E-state index in [0.717, 1.165) is 32.0 Å². The summed E-state index contributed by atoms with van der Waals surface area (Å²) in [6.07, 6.45) is 3.80. The molecule has 1 aromatic carbocycles. The van der Waals surface area contributed by atoms with Crippen LogP contribution in [0, 0.1) is 0 Å². The molecule has 1 fully saturated rings. The molecule has 1 aliphatic rings. The molecule has 2 aromatic rings. The standard InChI is InChI=1S/C21H30N4S.HI/c1-3-19-10-11-20(26-19)15-24-21(22-2)23-14-17-6-8-18(9-7-17)16-25-12-4-5-13-25;/h6-11H,3-5,12-16H2,1-2H3,(H2,22,23,24);1H. The van der Waals surface area contributed by atoms with Gasteiger partial charge in [0.05, 0.1) is 6.54 Å². The predicted molar refractivity (Wildman–Crippen MR) is 127 cm³/mol. The van der Waals surface area contributed by atoms with Crippen LogP contribution in [0.25, 0.3) is 0 Å². The van der Waals surface area contributed by atoms with E-state index in [2.05, 4.69) is 63.8 Å². The lowest BCUT2D eigenvalue weighted by Crippen LogP contribution is -2.36. The molecule has 0 amide bonds. The van der Waals surface area contributed by atoms with Crippen LogP contribution in [0.15, 0.2) is 41.4 Å². The Kier molecular flexibility index (Phi) is 9.58. The zero-order valence-electron chi connectivity index (χ0n) is 16.3. The number of thiophene rings is 1. The normalized spacial score (nSPS) is 14.8. The lowest BCUT2D eigenvalue weighted by atomic mass is 10.1. The van der Waals surface area contributed by atoms with Gasteiger partial charge in [0, 0.05) is 29.9 Å². The topological polar surface area (TPSA) is 39.7 Å². The first-order chi connectivity index (χ1) is 12.8. The number of guanidine groups is 1. The largest absolute Gasteiger partial charge is 0.352 e. The molecule has 1 saturated heterocycles. The van der Waals surface area contributed by atoms with Crippen LogP contribution in [0.2, 0.25) is 0 Å². The van der Waals surface area contributed by atoms with Crippen molar-refractivity contribution in [1.82, 2.24) is 15.5 Å². The van der Waals surface area contributed by atoms with E-state index in [4.69, 9.17) is 0 Å². The van der Waals surface area contributed by atoms with Crippen molar-refractivity contribution in [2.75, 3.05) is 20.1 Å². The first-order valence-corrected chi connectivity index (χ1v) is 10.4. The Labute approximate surface area is 184 Å². The smallest absolute Gasteiger partial charge is 0.191 e. The monoisotopic (exact) mass is 498 g/mol. The summed E-state index contributed by atoms with van der Waals surface area (Å²) in [6.45, 7) is 7.37. The second-order valence-electron chi connectivity index (χ2n) is 6.80. The number of nitrogens with zero attached hydrogens (tertiary/aromatic N) is 2. The van der Waals surface area contributed by atoms with Crippen molar-refractivity contribution in [3.63, 3.8) is 0 Å². The van der Waals surface area contributed by atoms with Crippen LogP contribution in [0.5, 0.6) is 0 Å². The van der Waals surface area contributed by atoms with Crippen molar-refractivity contribution in [3.8, 4) is 0 Å². The van der Waals surface area contributed by atoms with Gasteiger partial charge in [-0.2, -0.15) is 0 Å². The van der Waals surface area contributed by atoms with Crippen LogP contribution >= 0.6 is 35.3 Å². The molecule has 2 heterocycles. The van der Waals surface area contributed by atoms with Gasteiger partial charge < -0.3 is 10.6 Å². The molecule has 1 aromatic heterocycles. The lowest BCUT2D eigenvalue weighted by molar-refractivity contribution is 0.331. The average Bonchev–Trinajstić information content (AvgIpc) is 3.35. The Hall–Kier alpha value is -1.12. The molecule has 0 radical (unpaired) electrons. The maximum absolute atomic E-state index is 4.32. The first-order valence-electron chi connectivity index (χ1n) is 9.59. The van der Waals surface area contributed by atoms with Crippen LogP contribution in [0.4, 0.5) is 0 Å². The second-order valence-corrected chi connectivity index (χ2v) is 8.05. The van der Waals surface area contributed by atoms with E-state index in [1.807, 2.05) is 18.4 Å². The van der Waals surface area contributed by atoms with Gasteiger partial charge in [0.1, 0.15) is 0 Å². The third-order valence-electron chi connectivity index (χ3n) is 4.81. The first kappa shape index (κ1) is 22.2. The SMILES string of the molecule is CCc1ccc(CNC(=NC)NCc2ccc(CN3CCCC3)cc2)s1.I. The summed E-state index contributed by atoms with van der Waals surface area (Å²) < 4.78 is 0. The fourth-order valence-corrected chi connectivity index (χ4v) is 4.14. The van der Waals surface area contributed by atoms with Gasteiger partial charge in [-0.1, -0.05) is 31.2 Å². The highest BCUT2D eigenvalue weighted by molar-refractivity contribution is 14.0. The van der Waals surface area contributed by atoms with Gasteiger partial charge in [0.2, 0.25) is 0 Å². The number of rotatable bonds is 7. The molecule has 0 atom stereocenters. The van der Waals surface area contributed by atoms with Gasteiger partial charge >= 0.3 is 0 Å². The van der Waals surface area contributed by atoms with Crippen molar-refractivity contribution >= 4 is 41.3 Å². The number of benzene rings is 1. The van der Waals surface area contributed by atoms with Crippen LogP contribution in [0.1, 0.15) is 40.6 Å². The lowest BCUT2D eigenvalue weighted by Gasteiger charge is -2.15. The zero-order valence-corrected chi connectivity index (χ0v) is 19.5. The van der Waals surface area contributed by atoms with E-state index in [0.29, 0.717) is 0 Å². The number of aliphatic imine (C=N–C) groups is 1. The molecule has 1 aliphatic heterocycles. The molecule has 3 rings (SSSR count). The van der Waals surface area contributed by atoms with Gasteiger partial charge in [-0.15, -0.1) is 35.3 Å². The van der Waals surface area contributed by atoms with Crippen molar-refractivity contribution in [1.29, 1.82) is 0 Å². The second kappa shape index (κ2) is 11.7. The molecule has 0 bridgehead atoms. The molecular weight excluding hydrogens is 467 g/mol. The Morgan fingerprint density at radius 2 is 1.59 bits per heavy atom. The molecule has 148 valence electrons. The zero-order chi connectivity index (χ0) is 18.2. The number of nitrogens with one attached hydrogen (secondary N) is 2. The van der Waals surface area contributed by atoms with E-state index in [-0.39, 0.29) is 24.0 Å². The molecule has 6 heteroatoms. The Morgan fingerprint density at radius 1 is 0.963 bits per heavy atom. The van der Waals surface area contributed by atoms with Crippen LogP contribution in [0.3, 0.4) is 0 Å². The number of hydrogen-bond donors (Lipinski definition) is 2. The van der Waals surface area contributed by atoms with Crippen LogP contribution in [-0.2, 0) is 26.1 Å². The Bertz CT molecular complexity index is 705. The highest BCUT2D eigenvalue weighted by Crippen LogP contribution is 2.16. The summed E-state index contributed by atoms with van der Waals surface area (Å²) in [4.78, 5) is 9.63. The van der Waals surface area contributed by atoms with E-state index < -0.39 is 0 Å². The van der Waals surface area contributed by atoms with E-state index >= 15 is 0 Å². The van der Waals surface area contributed by atoms with Gasteiger partial charge in [-0.25, -0.2) is 0 Å². The Morgan fingerprint density at radius 3 is 2.22 bits per heavy atom. The molecule has 0 saturated carbocycles. The van der Waals surface area contributed by atoms with Crippen molar-refractivity contribution in [2.24, 2.45) is 4.99 Å². The maximum atomic E-state index is 4.32. The molecular formula is C21H31IN4S. The van der Waals surface area contributed by atoms with E-state index in [1.165, 1.54) is 46.8 Å². The minimum Gasteiger partial charge on any atom is -0.352 e. The summed E-state index contributed by atoms with van der Waals surface area (Å²) in [5, 5.41) is 6.80. The highest BCUT2D eigenvalue weighted by atomic mass is 127. The van der Waals surface area contributed by atoms with E-state index in [1.54, 1.807) is 0 Å². The van der Waals surface area contributed by atoms with Crippen LogP contribution in [-0.4, -0.2) is 31.0 Å². The average molecular weight is 498 g/mol. The predicted octanol–water partition coefficient (Wildman–Crippen LogP) is 4.39. The third kappa shape index (κ3) is 7.08. The molecule has 0 unspecified atom stereocenters. The van der Waals surface area contributed by atoms with Gasteiger partial charge in [0.25, 0.3) is 0 Å². The molecule has 2 N–H and O–H groups in total.